The molecule has 0 aliphatic heterocycles. The van der Waals surface area contributed by atoms with Crippen LogP contribution in [0, 0.1) is 0 Å². The van der Waals surface area contributed by atoms with E-state index in [2.05, 4.69) is 41.5 Å². The smallest absolute Gasteiger partial charge is 0.0788 e. The zero-order chi connectivity index (χ0) is 39.5. The maximum atomic E-state index is 2.37. The summed E-state index contributed by atoms with van der Waals surface area (Å²) in [7, 11) is 0. The second-order valence-corrected chi connectivity index (χ2v) is 18.8. The fourth-order valence-corrected chi connectivity index (χ4v) is 9.60. The van der Waals surface area contributed by atoms with E-state index in [0.717, 1.165) is 0 Å². The molecule has 326 valence electrons. The Balaban J connectivity index is 5.86. The van der Waals surface area contributed by atoms with Crippen molar-refractivity contribution >= 4 is 0 Å². The molecule has 0 bridgehead atoms. The molecule has 0 atom stereocenters. The van der Waals surface area contributed by atoms with Gasteiger partial charge in [-0.2, -0.15) is 0 Å². The van der Waals surface area contributed by atoms with Gasteiger partial charge in [-0.05, 0) is 77.0 Å². The highest BCUT2D eigenvalue weighted by molar-refractivity contribution is 4.58. The minimum atomic E-state index is 1.37. The van der Waals surface area contributed by atoms with E-state index in [4.69, 9.17) is 0 Å². The molecule has 0 radical (unpaired) electrons. The molecule has 2 heteroatoms. The van der Waals surface area contributed by atoms with Crippen LogP contribution in [0.3, 0.4) is 0 Å². The average Bonchev–Trinajstić information content (AvgIpc) is 3.18. The van der Waals surface area contributed by atoms with Gasteiger partial charge < -0.3 is 8.97 Å². The first-order chi connectivity index (χ1) is 26.6. The number of nitrogens with zero attached hydrogens (tertiary/aromatic N) is 2. The van der Waals surface area contributed by atoms with Gasteiger partial charge in [0, 0.05) is 12.8 Å². The van der Waals surface area contributed by atoms with E-state index < -0.39 is 0 Å². The van der Waals surface area contributed by atoms with E-state index >= 15 is 0 Å². The van der Waals surface area contributed by atoms with Gasteiger partial charge in [0.1, 0.15) is 0 Å². The number of rotatable bonds is 47. The lowest BCUT2D eigenvalue weighted by atomic mass is 10.0. The molecule has 54 heavy (non-hydrogen) atoms. The standard InChI is InChI=1S/C52H110N2/c1-7-13-19-25-31-37-45-53(46-38-32-26-20-14-8-2,47-39-33-27-21-15-9-3)51-43-44-52-54(48-40-34-28-22-16-10-4,49-41-35-29-23-17-11-5)50-42-36-30-24-18-12-6/h7-52H2,1-6H3/q+2. The zero-order valence-corrected chi connectivity index (χ0v) is 39.4. The van der Waals surface area contributed by atoms with Crippen LogP contribution in [0.2, 0.25) is 0 Å². The topological polar surface area (TPSA) is 0 Å². The Hall–Kier alpha value is -0.0800. The fraction of sp³-hybridized carbons (Fsp3) is 1.00. The van der Waals surface area contributed by atoms with Gasteiger partial charge in [-0.3, -0.25) is 0 Å². The highest BCUT2D eigenvalue weighted by atomic mass is 15.4. The predicted molar refractivity (Wildman–Crippen MR) is 249 cm³/mol. The Morgan fingerprint density at radius 1 is 0.148 bits per heavy atom. The lowest BCUT2D eigenvalue weighted by molar-refractivity contribution is -0.935. The van der Waals surface area contributed by atoms with Crippen molar-refractivity contribution in [2.75, 3.05) is 52.4 Å². The number of unbranched alkanes of at least 4 members (excludes halogenated alkanes) is 31. The summed E-state index contributed by atoms with van der Waals surface area (Å²) in [6, 6.07) is 0. The summed E-state index contributed by atoms with van der Waals surface area (Å²) in [5.41, 5.74) is 0. The molecular weight excluding hydrogens is 653 g/mol. The van der Waals surface area contributed by atoms with Crippen LogP contribution in [0.15, 0.2) is 0 Å². The minimum absolute atomic E-state index is 1.37. The average molecular weight is 763 g/mol. The largest absolute Gasteiger partial charge is 0.324 e. The van der Waals surface area contributed by atoms with Crippen molar-refractivity contribution in [3.05, 3.63) is 0 Å². The Morgan fingerprint density at radius 2 is 0.259 bits per heavy atom. The normalized spacial score (nSPS) is 12.3. The summed E-state index contributed by atoms with van der Waals surface area (Å²) in [4.78, 5) is 0. The van der Waals surface area contributed by atoms with Gasteiger partial charge in [-0.25, -0.2) is 0 Å². The van der Waals surface area contributed by atoms with Crippen molar-refractivity contribution in [2.45, 2.75) is 286 Å². The summed E-state index contributed by atoms with van der Waals surface area (Å²) >= 11 is 0. The van der Waals surface area contributed by atoms with E-state index in [-0.39, 0.29) is 0 Å². The SMILES string of the molecule is CCCCCCCC[N+](CCCCCCCC)(CCCCCCCC)CCCC[N+](CCCCCCCC)(CCCCCCCC)CCCCCCCC. The van der Waals surface area contributed by atoms with Crippen LogP contribution in [0.4, 0.5) is 0 Å². The monoisotopic (exact) mass is 763 g/mol. The fourth-order valence-electron chi connectivity index (χ4n) is 9.60. The molecule has 2 nitrogen and oxygen atoms in total. The maximum Gasteiger partial charge on any atom is 0.0788 e. The molecule has 0 aliphatic carbocycles. The molecule has 0 aliphatic rings. The van der Waals surface area contributed by atoms with Crippen molar-refractivity contribution in [3.63, 3.8) is 0 Å². The van der Waals surface area contributed by atoms with Crippen LogP contribution in [-0.2, 0) is 0 Å². The highest BCUT2D eigenvalue weighted by Gasteiger charge is 2.29. The molecule has 0 aromatic carbocycles. The molecular formula is C52H110N2+2. The zero-order valence-electron chi connectivity index (χ0n) is 39.4. The first-order valence-corrected chi connectivity index (χ1v) is 26.3. The summed E-state index contributed by atoms with van der Waals surface area (Å²) in [5.74, 6) is 0. The predicted octanol–water partition coefficient (Wildman–Crippen LogP) is 17.6. The van der Waals surface area contributed by atoms with E-state index in [0.29, 0.717) is 0 Å². The molecule has 0 unspecified atom stereocenters. The molecule has 0 fully saturated rings. The molecule has 0 N–H and O–H groups in total. The van der Waals surface area contributed by atoms with Crippen molar-refractivity contribution in [2.24, 2.45) is 0 Å². The Kier molecular flexibility index (Phi) is 42.5. The van der Waals surface area contributed by atoms with Crippen LogP contribution in [-0.4, -0.2) is 61.3 Å². The van der Waals surface area contributed by atoms with E-state index in [1.54, 1.807) is 0 Å². The Morgan fingerprint density at radius 3 is 0.407 bits per heavy atom. The number of hydrogen-bond acceptors (Lipinski definition) is 0. The Bertz CT molecular complexity index is 548. The van der Waals surface area contributed by atoms with Gasteiger partial charge in [-0.15, -0.1) is 0 Å². The molecule has 0 heterocycles. The Labute approximate surface area is 345 Å². The van der Waals surface area contributed by atoms with Gasteiger partial charge in [0.2, 0.25) is 0 Å². The van der Waals surface area contributed by atoms with Crippen molar-refractivity contribution in [3.8, 4) is 0 Å². The lowest BCUT2D eigenvalue weighted by Gasteiger charge is -2.41. The van der Waals surface area contributed by atoms with E-state index in [9.17, 15) is 0 Å². The number of hydrogen-bond donors (Lipinski definition) is 0. The second kappa shape index (κ2) is 42.5. The third-order valence-electron chi connectivity index (χ3n) is 13.4. The summed E-state index contributed by atoms with van der Waals surface area (Å²) in [5, 5.41) is 0. The molecule has 0 rings (SSSR count). The van der Waals surface area contributed by atoms with Gasteiger partial charge in [0.05, 0.1) is 52.4 Å². The van der Waals surface area contributed by atoms with Crippen LogP contribution < -0.4 is 0 Å². The van der Waals surface area contributed by atoms with E-state index in [1.165, 1.54) is 305 Å². The molecule has 0 aromatic heterocycles. The molecule has 0 saturated heterocycles. The summed E-state index contributed by atoms with van der Waals surface area (Å²) < 4.78 is 2.95. The summed E-state index contributed by atoms with van der Waals surface area (Å²) in [6.07, 6.45) is 55.0. The van der Waals surface area contributed by atoms with Crippen molar-refractivity contribution in [1.82, 2.24) is 0 Å². The molecule has 0 spiro atoms. The van der Waals surface area contributed by atoms with Crippen molar-refractivity contribution < 1.29 is 8.97 Å². The lowest BCUT2D eigenvalue weighted by Crippen LogP contribution is -2.52. The number of quaternary nitrogens is 2. The van der Waals surface area contributed by atoms with Crippen LogP contribution in [0.25, 0.3) is 0 Å². The van der Waals surface area contributed by atoms with Crippen LogP contribution in [0.1, 0.15) is 286 Å². The third-order valence-corrected chi connectivity index (χ3v) is 13.4. The third kappa shape index (κ3) is 34.0. The van der Waals surface area contributed by atoms with Gasteiger partial charge in [0.25, 0.3) is 0 Å². The van der Waals surface area contributed by atoms with Gasteiger partial charge in [0.15, 0.2) is 0 Å². The molecule has 0 saturated carbocycles. The minimum Gasteiger partial charge on any atom is -0.324 e. The molecule has 0 aromatic rings. The maximum absolute atomic E-state index is 2.37. The van der Waals surface area contributed by atoms with E-state index in [1.807, 2.05) is 0 Å². The first-order valence-electron chi connectivity index (χ1n) is 26.3. The van der Waals surface area contributed by atoms with Crippen LogP contribution in [0.5, 0.6) is 0 Å². The van der Waals surface area contributed by atoms with Gasteiger partial charge >= 0.3 is 0 Å². The van der Waals surface area contributed by atoms with Crippen molar-refractivity contribution in [1.29, 1.82) is 0 Å². The highest BCUT2D eigenvalue weighted by Crippen LogP contribution is 2.23. The molecule has 0 amide bonds. The first kappa shape index (κ1) is 53.9. The second-order valence-electron chi connectivity index (χ2n) is 18.8. The quantitative estimate of drug-likeness (QED) is 0.0428. The van der Waals surface area contributed by atoms with Crippen LogP contribution >= 0.6 is 0 Å². The van der Waals surface area contributed by atoms with Gasteiger partial charge in [-0.1, -0.05) is 196 Å². The summed E-state index contributed by atoms with van der Waals surface area (Å²) in [6.45, 7) is 26.0.